The number of para-hydroxylation sites is 2. The van der Waals surface area contributed by atoms with Crippen LogP contribution in [-0.2, 0) is 4.79 Å². The largest absolute Gasteiger partial charge is 0.573 e. The van der Waals surface area contributed by atoms with Gasteiger partial charge in [-0.1, -0.05) is 12.1 Å². The number of anilines is 1. The van der Waals surface area contributed by atoms with E-state index in [1.165, 1.54) is 18.2 Å². The molecule has 1 amide bonds. The van der Waals surface area contributed by atoms with E-state index >= 15 is 0 Å². The Hall–Kier alpha value is -1.76. The van der Waals surface area contributed by atoms with Crippen LogP contribution in [0, 0.1) is 0 Å². The molecular formula is C11H13F3N2O2. The molecule has 0 aliphatic carbocycles. The summed E-state index contributed by atoms with van der Waals surface area (Å²) in [5.74, 6) is -0.891. The molecule has 1 rings (SSSR count). The molecule has 4 nitrogen and oxygen atoms in total. The number of hydrogen-bond donors (Lipinski definition) is 2. The molecule has 2 N–H and O–H groups in total. The Morgan fingerprint density at radius 3 is 2.50 bits per heavy atom. The van der Waals surface area contributed by atoms with Gasteiger partial charge in [0.05, 0.1) is 11.7 Å². The minimum absolute atomic E-state index is 0.0260. The minimum Gasteiger partial charge on any atom is -0.404 e. The molecule has 0 aliphatic heterocycles. The van der Waals surface area contributed by atoms with E-state index in [1.54, 1.807) is 14.0 Å². The average molecular weight is 262 g/mol. The zero-order valence-corrected chi connectivity index (χ0v) is 9.84. The van der Waals surface area contributed by atoms with Crippen molar-refractivity contribution in [2.75, 3.05) is 12.4 Å². The zero-order valence-electron chi connectivity index (χ0n) is 9.84. The summed E-state index contributed by atoms with van der Waals surface area (Å²) in [5, 5.41) is 5.03. The zero-order chi connectivity index (χ0) is 13.8. The van der Waals surface area contributed by atoms with Crippen molar-refractivity contribution in [1.82, 2.24) is 5.32 Å². The topological polar surface area (TPSA) is 50.4 Å². The molecule has 0 spiro atoms. The van der Waals surface area contributed by atoms with Gasteiger partial charge in [0.1, 0.15) is 0 Å². The van der Waals surface area contributed by atoms with Gasteiger partial charge >= 0.3 is 6.36 Å². The number of halogens is 3. The highest BCUT2D eigenvalue weighted by molar-refractivity contribution is 5.95. The number of carbonyl (C=O) groups is 1. The second-order valence-electron chi connectivity index (χ2n) is 3.54. The van der Waals surface area contributed by atoms with E-state index in [4.69, 9.17) is 0 Å². The predicted molar refractivity (Wildman–Crippen MR) is 60.3 cm³/mol. The Labute approximate surface area is 102 Å². The molecule has 18 heavy (non-hydrogen) atoms. The van der Waals surface area contributed by atoms with Crippen molar-refractivity contribution in [3.05, 3.63) is 24.3 Å². The van der Waals surface area contributed by atoms with Crippen molar-refractivity contribution in [2.45, 2.75) is 19.3 Å². The van der Waals surface area contributed by atoms with Crippen molar-refractivity contribution in [1.29, 1.82) is 0 Å². The molecule has 0 aromatic heterocycles. The number of ether oxygens (including phenoxy) is 1. The number of alkyl halides is 3. The van der Waals surface area contributed by atoms with Crippen LogP contribution in [0.5, 0.6) is 5.75 Å². The van der Waals surface area contributed by atoms with E-state index < -0.39 is 24.1 Å². The molecule has 0 saturated heterocycles. The Kier molecular flexibility index (Phi) is 4.55. The maximum atomic E-state index is 12.1. The van der Waals surface area contributed by atoms with Gasteiger partial charge in [0.15, 0.2) is 5.75 Å². The summed E-state index contributed by atoms with van der Waals surface area (Å²) in [4.78, 5) is 11.6. The number of amides is 1. The first-order valence-corrected chi connectivity index (χ1v) is 5.16. The number of nitrogens with one attached hydrogen (secondary N) is 2. The molecule has 0 radical (unpaired) electrons. The normalized spacial score (nSPS) is 12.9. The van der Waals surface area contributed by atoms with Gasteiger partial charge in [-0.3, -0.25) is 4.79 Å². The quantitative estimate of drug-likeness (QED) is 0.874. The summed E-state index contributed by atoms with van der Waals surface area (Å²) >= 11 is 0. The van der Waals surface area contributed by atoms with Crippen molar-refractivity contribution in [2.24, 2.45) is 0 Å². The van der Waals surface area contributed by atoms with Crippen molar-refractivity contribution in [3.8, 4) is 5.75 Å². The van der Waals surface area contributed by atoms with Crippen molar-refractivity contribution >= 4 is 11.6 Å². The minimum atomic E-state index is -4.80. The van der Waals surface area contributed by atoms with Gasteiger partial charge in [0.25, 0.3) is 0 Å². The lowest BCUT2D eigenvalue weighted by Gasteiger charge is -2.15. The van der Waals surface area contributed by atoms with Gasteiger partial charge in [-0.15, -0.1) is 13.2 Å². The molecule has 1 unspecified atom stereocenters. The third-order valence-electron chi connectivity index (χ3n) is 2.20. The van der Waals surface area contributed by atoms with Crippen LogP contribution in [-0.4, -0.2) is 25.4 Å². The first-order valence-electron chi connectivity index (χ1n) is 5.16. The standard InChI is InChI=1S/C11H13F3N2O2/c1-7(15-2)10(17)16-8-5-3-4-6-9(8)18-11(12,13)14/h3-7,15H,1-2H3,(H,16,17). The Balaban J connectivity index is 2.86. The molecule has 7 heteroatoms. The fraction of sp³-hybridized carbons (Fsp3) is 0.364. The van der Waals surface area contributed by atoms with Gasteiger partial charge in [0.2, 0.25) is 5.91 Å². The van der Waals surface area contributed by atoms with E-state index in [-0.39, 0.29) is 5.69 Å². The summed E-state index contributed by atoms with van der Waals surface area (Å²) < 4.78 is 40.2. The third-order valence-corrected chi connectivity index (χ3v) is 2.20. The fourth-order valence-electron chi connectivity index (χ4n) is 1.16. The maximum Gasteiger partial charge on any atom is 0.573 e. The summed E-state index contributed by atoms with van der Waals surface area (Å²) in [7, 11) is 1.57. The van der Waals surface area contributed by atoms with Crippen LogP contribution in [0.2, 0.25) is 0 Å². The molecule has 1 atom stereocenters. The number of hydrogen-bond acceptors (Lipinski definition) is 3. The SMILES string of the molecule is CNC(C)C(=O)Nc1ccccc1OC(F)(F)F. The molecule has 0 heterocycles. The third kappa shape index (κ3) is 4.25. The van der Waals surface area contributed by atoms with Gasteiger partial charge in [-0.2, -0.15) is 0 Å². The van der Waals surface area contributed by atoms with Gasteiger partial charge in [-0.05, 0) is 26.1 Å². The second kappa shape index (κ2) is 5.72. The molecule has 100 valence electrons. The number of benzene rings is 1. The average Bonchev–Trinajstić information content (AvgIpc) is 2.28. The second-order valence-corrected chi connectivity index (χ2v) is 3.54. The lowest BCUT2D eigenvalue weighted by Crippen LogP contribution is -2.35. The molecule has 1 aromatic rings. The lowest BCUT2D eigenvalue weighted by molar-refractivity contribution is -0.274. The predicted octanol–water partition coefficient (Wildman–Crippen LogP) is 2.13. The smallest absolute Gasteiger partial charge is 0.404 e. The first-order chi connectivity index (χ1) is 8.33. The number of rotatable bonds is 4. The molecular weight excluding hydrogens is 249 g/mol. The van der Waals surface area contributed by atoms with Crippen LogP contribution < -0.4 is 15.4 Å². The highest BCUT2D eigenvalue weighted by Crippen LogP contribution is 2.29. The molecule has 1 aromatic carbocycles. The van der Waals surface area contributed by atoms with E-state index in [2.05, 4.69) is 15.4 Å². The Morgan fingerprint density at radius 1 is 1.33 bits per heavy atom. The Bertz CT molecular complexity index is 421. The lowest BCUT2D eigenvalue weighted by atomic mass is 10.2. The summed E-state index contributed by atoms with van der Waals surface area (Å²) in [5.41, 5.74) is -0.0260. The molecule has 0 saturated carbocycles. The first kappa shape index (κ1) is 14.3. The van der Waals surface area contributed by atoms with Gasteiger partial charge in [0, 0.05) is 0 Å². The van der Waals surface area contributed by atoms with Crippen LogP contribution in [0.15, 0.2) is 24.3 Å². The maximum absolute atomic E-state index is 12.1. The van der Waals surface area contributed by atoms with Crippen LogP contribution in [0.1, 0.15) is 6.92 Å². The van der Waals surface area contributed by atoms with Crippen LogP contribution in [0.25, 0.3) is 0 Å². The summed E-state index contributed by atoms with van der Waals surface area (Å²) in [6, 6.07) is 4.83. The van der Waals surface area contributed by atoms with E-state index in [0.717, 1.165) is 6.07 Å². The number of carbonyl (C=O) groups excluding carboxylic acids is 1. The molecule has 0 fully saturated rings. The summed E-state index contributed by atoms with van der Waals surface area (Å²) in [6.07, 6.45) is -4.80. The van der Waals surface area contributed by atoms with Crippen LogP contribution in [0.4, 0.5) is 18.9 Å². The van der Waals surface area contributed by atoms with E-state index in [0.29, 0.717) is 0 Å². The number of likely N-dealkylation sites (N-methyl/N-ethyl adjacent to an activating group) is 1. The highest BCUT2D eigenvalue weighted by Gasteiger charge is 2.32. The van der Waals surface area contributed by atoms with E-state index in [9.17, 15) is 18.0 Å². The van der Waals surface area contributed by atoms with Crippen LogP contribution >= 0.6 is 0 Å². The monoisotopic (exact) mass is 262 g/mol. The van der Waals surface area contributed by atoms with Crippen molar-refractivity contribution < 1.29 is 22.7 Å². The molecule has 0 aliphatic rings. The summed E-state index contributed by atoms with van der Waals surface area (Å²) in [6.45, 7) is 1.59. The van der Waals surface area contributed by atoms with E-state index in [1.807, 2.05) is 0 Å². The van der Waals surface area contributed by atoms with Gasteiger partial charge in [-0.25, -0.2) is 0 Å². The fourth-order valence-corrected chi connectivity index (χ4v) is 1.16. The Morgan fingerprint density at radius 2 is 1.94 bits per heavy atom. The van der Waals surface area contributed by atoms with Crippen molar-refractivity contribution in [3.63, 3.8) is 0 Å². The van der Waals surface area contributed by atoms with Crippen LogP contribution in [0.3, 0.4) is 0 Å². The highest BCUT2D eigenvalue weighted by atomic mass is 19.4. The molecule has 0 bridgehead atoms. The van der Waals surface area contributed by atoms with Gasteiger partial charge < -0.3 is 15.4 Å².